The van der Waals surface area contributed by atoms with Gasteiger partial charge >= 0.3 is 6.09 Å². The summed E-state index contributed by atoms with van der Waals surface area (Å²) in [5.74, 6) is 5.27. The first-order valence-electron chi connectivity index (χ1n) is 4.58. The Bertz CT molecular complexity index is 302. The van der Waals surface area contributed by atoms with Crippen LogP contribution in [0, 0.1) is 11.8 Å². The molecule has 0 aliphatic rings. The average molecular weight is 262 g/mol. The fourth-order valence-electron chi connectivity index (χ4n) is 0.819. The second kappa shape index (κ2) is 10.4. The molecule has 0 bridgehead atoms. The summed E-state index contributed by atoms with van der Waals surface area (Å²) in [6.45, 7) is 2.49. The molecule has 0 aliphatic carbocycles. The number of rotatable bonds is 5. The Kier molecular flexibility index (Phi) is 9.69. The third-order valence-corrected chi connectivity index (χ3v) is 1.89. The minimum atomic E-state index is -0.452. The lowest BCUT2D eigenvalue weighted by atomic mass is 10.5. The van der Waals surface area contributed by atoms with E-state index in [0.717, 1.165) is 0 Å². The van der Waals surface area contributed by atoms with E-state index < -0.39 is 6.09 Å². The van der Waals surface area contributed by atoms with Crippen LogP contribution >= 0.6 is 23.2 Å². The molecule has 0 radical (unpaired) electrons. The normalized spacial score (nSPS) is 10.2. The number of hydrogen-bond donors (Lipinski definition) is 0. The zero-order valence-electron chi connectivity index (χ0n) is 8.95. The Balaban J connectivity index is 4.22. The Labute approximate surface area is 106 Å². The van der Waals surface area contributed by atoms with E-state index in [1.54, 1.807) is 19.1 Å². The molecule has 0 saturated heterocycles. The number of ether oxygens (including phenoxy) is 1. The van der Waals surface area contributed by atoms with Crippen molar-refractivity contribution in [2.75, 3.05) is 19.7 Å². The van der Waals surface area contributed by atoms with Crippen molar-refractivity contribution in [2.45, 2.75) is 6.92 Å². The van der Waals surface area contributed by atoms with Crippen molar-refractivity contribution >= 4 is 29.3 Å². The second-order valence-corrected chi connectivity index (χ2v) is 3.11. The van der Waals surface area contributed by atoms with Gasteiger partial charge in [-0.2, -0.15) is 0 Å². The van der Waals surface area contributed by atoms with Crippen molar-refractivity contribution < 1.29 is 9.53 Å². The molecule has 3 nitrogen and oxygen atoms in total. The van der Waals surface area contributed by atoms with E-state index in [0.29, 0.717) is 13.1 Å². The average Bonchev–Trinajstić information content (AvgIpc) is 2.29. The van der Waals surface area contributed by atoms with Gasteiger partial charge in [-0.3, -0.25) is 0 Å². The number of halogens is 2. The summed E-state index contributed by atoms with van der Waals surface area (Å²) in [4.78, 5) is 13.0. The van der Waals surface area contributed by atoms with Crippen LogP contribution in [-0.2, 0) is 4.74 Å². The molecule has 1 amide bonds. The highest BCUT2D eigenvalue weighted by Gasteiger charge is 2.10. The summed E-state index contributed by atoms with van der Waals surface area (Å²) in [7, 11) is 0. The maximum atomic E-state index is 11.5. The summed E-state index contributed by atoms with van der Waals surface area (Å²) in [5, 5.41) is 0. The zero-order valence-corrected chi connectivity index (χ0v) is 10.5. The van der Waals surface area contributed by atoms with Crippen LogP contribution < -0.4 is 0 Å². The van der Waals surface area contributed by atoms with Crippen LogP contribution in [0.1, 0.15) is 6.92 Å². The predicted molar refractivity (Wildman–Crippen MR) is 66.4 cm³/mol. The second-order valence-electron chi connectivity index (χ2n) is 2.61. The lowest BCUT2D eigenvalue weighted by molar-refractivity contribution is 0.122. The van der Waals surface area contributed by atoms with E-state index in [2.05, 4.69) is 11.8 Å². The molecule has 0 spiro atoms. The van der Waals surface area contributed by atoms with Crippen molar-refractivity contribution in [3.63, 3.8) is 0 Å². The van der Waals surface area contributed by atoms with E-state index in [1.165, 1.54) is 16.0 Å². The molecule has 0 N–H and O–H groups in total. The van der Waals surface area contributed by atoms with Crippen molar-refractivity contribution in [2.24, 2.45) is 0 Å². The molecule has 0 fully saturated rings. The van der Waals surface area contributed by atoms with Gasteiger partial charge in [-0.05, 0) is 6.92 Å². The highest BCUT2D eigenvalue weighted by Crippen LogP contribution is 1.97. The van der Waals surface area contributed by atoms with Gasteiger partial charge in [-0.25, -0.2) is 4.79 Å². The van der Waals surface area contributed by atoms with Gasteiger partial charge in [0.15, 0.2) is 6.61 Å². The van der Waals surface area contributed by atoms with Crippen molar-refractivity contribution in [3.05, 3.63) is 23.2 Å². The first-order chi connectivity index (χ1) is 7.76. The van der Waals surface area contributed by atoms with Gasteiger partial charge in [0.05, 0.1) is 0 Å². The van der Waals surface area contributed by atoms with E-state index >= 15 is 0 Å². The molecule has 0 aromatic rings. The molecule has 88 valence electrons. The van der Waals surface area contributed by atoms with Crippen LogP contribution in [0.15, 0.2) is 23.2 Å². The largest absolute Gasteiger partial charge is 0.436 e. The number of carbonyl (C=O) groups excluding carboxylic acids is 1. The topological polar surface area (TPSA) is 29.5 Å². The molecular weight excluding hydrogens is 249 g/mol. The fourth-order valence-corrected chi connectivity index (χ4v) is 0.978. The van der Waals surface area contributed by atoms with Gasteiger partial charge < -0.3 is 9.64 Å². The molecular formula is C11H13Cl2NO2. The lowest BCUT2D eigenvalue weighted by Gasteiger charge is -2.17. The minimum Gasteiger partial charge on any atom is -0.436 e. The van der Waals surface area contributed by atoms with Crippen LogP contribution in [-0.4, -0.2) is 30.7 Å². The summed E-state index contributed by atoms with van der Waals surface area (Å²) in [5.41, 5.74) is 2.69. The highest BCUT2D eigenvalue weighted by molar-refractivity contribution is 6.25. The molecule has 0 aromatic carbocycles. The van der Waals surface area contributed by atoms with E-state index in [-0.39, 0.29) is 6.61 Å². The van der Waals surface area contributed by atoms with Gasteiger partial charge in [-0.15, -0.1) is 5.92 Å². The van der Waals surface area contributed by atoms with Gasteiger partial charge in [-0.1, -0.05) is 41.3 Å². The van der Waals surface area contributed by atoms with E-state index in [4.69, 9.17) is 27.9 Å². The Hall–Kier alpha value is -1.11. The van der Waals surface area contributed by atoms with Gasteiger partial charge in [0, 0.05) is 24.2 Å². The van der Waals surface area contributed by atoms with Gasteiger partial charge in [0.25, 0.3) is 0 Å². The van der Waals surface area contributed by atoms with Crippen LogP contribution in [0.3, 0.4) is 0 Å². The molecule has 0 aliphatic heterocycles. The summed E-state index contributed by atoms with van der Waals surface area (Å²) in [6.07, 6.45) is 2.82. The molecule has 0 unspecified atom stereocenters. The summed E-state index contributed by atoms with van der Waals surface area (Å²) in [6, 6.07) is 0. The number of hydrogen-bond acceptors (Lipinski definition) is 2. The first-order valence-corrected chi connectivity index (χ1v) is 5.45. The van der Waals surface area contributed by atoms with Gasteiger partial charge in [0.1, 0.15) is 0 Å². The Morgan fingerprint density at radius 3 is 2.31 bits per heavy atom. The van der Waals surface area contributed by atoms with Crippen LogP contribution in [0.4, 0.5) is 4.79 Å². The maximum absolute atomic E-state index is 11.5. The minimum absolute atomic E-state index is 0.0843. The third-order valence-electron chi connectivity index (χ3n) is 1.53. The van der Waals surface area contributed by atoms with E-state index in [9.17, 15) is 4.79 Å². The number of nitrogens with zero attached hydrogens (tertiary/aromatic N) is 1. The maximum Gasteiger partial charge on any atom is 0.411 e. The van der Waals surface area contributed by atoms with Crippen molar-refractivity contribution in [3.8, 4) is 11.8 Å². The third kappa shape index (κ3) is 7.22. The molecule has 16 heavy (non-hydrogen) atoms. The standard InChI is InChI=1S/C11H13Cl2NO2/c1-2-3-10-16-11(15)14(8-4-6-12)9-5-7-13/h4-7H,8-10H2,1H3/b6-4+,7-5+. The number of amides is 1. The summed E-state index contributed by atoms with van der Waals surface area (Å²) < 4.78 is 4.90. The van der Waals surface area contributed by atoms with Crippen LogP contribution in [0.2, 0.25) is 0 Å². The SMILES string of the molecule is CC#CCOC(=O)N(C/C=C/Cl)C/C=C/Cl. The van der Waals surface area contributed by atoms with Crippen molar-refractivity contribution in [1.29, 1.82) is 0 Å². The lowest BCUT2D eigenvalue weighted by Crippen LogP contribution is -2.32. The van der Waals surface area contributed by atoms with Gasteiger partial charge in [0.2, 0.25) is 0 Å². The monoisotopic (exact) mass is 261 g/mol. The van der Waals surface area contributed by atoms with Crippen LogP contribution in [0.5, 0.6) is 0 Å². The molecule has 0 atom stereocenters. The van der Waals surface area contributed by atoms with E-state index in [1.807, 2.05) is 0 Å². The molecule has 0 rings (SSSR count). The summed E-state index contributed by atoms with van der Waals surface area (Å²) >= 11 is 10.8. The zero-order chi connectivity index (χ0) is 12.2. The smallest absolute Gasteiger partial charge is 0.411 e. The molecule has 0 aromatic heterocycles. The number of carbonyl (C=O) groups is 1. The quantitative estimate of drug-likeness (QED) is 0.713. The molecule has 0 saturated carbocycles. The van der Waals surface area contributed by atoms with Crippen LogP contribution in [0.25, 0.3) is 0 Å². The van der Waals surface area contributed by atoms with Crippen molar-refractivity contribution in [1.82, 2.24) is 4.90 Å². The Morgan fingerprint density at radius 1 is 1.31 bits per heavy atom. The molecule has 0 heterocycles. The predicted octanol–water partition coefficient (Wildman–Crippen LogP) is 2.95. The first kappa shape index (κ1) is 14.9. The highest BCUT2D eigenvalue weighted by atomic mass is 35.5. The molecule has 5 heteroatoms. The Morgan fingerprint density at radius 2 is 1.88 bits per heavy atom. The fraction of sp³-hybridized carbons (Fsp3) is 0.364.